The first-order valence-corrected chi connectivity index (χ1v) is 9.01. The van der Waals surface area contributed by atoms with Gasteiger partial charge in [0, 0.05) is 24.1 Å². The van der Waals surface area contributed by atoms with Crippen LogP contribution in [0.5, 0.6) is 17.2 Å². The maximum atomic E-state index is 12.8. The number of ether oxygens (including phenoxy) is 3. The van der Waals surface area contributed by atoms with Crippen LogP contribution in [0.25, 0.3) is 0 Å². The number of halogens is 1. The van der Waals surface area contributed by atoms with Crippen molar-refractivity contribution < 1.29 is 23.8 Å². The highest BCUT2D eigenvalue weighted by Crippen LogP contribution is 2.36. The second-order valence-electron chi connectivity index (χ2n) is 6.28. The predicted molar refractivity (Wildman–Crippen MR) is 107 cm³/mol. The van der Waals surface area contributed by atoms with Gasteiger partial charge in [-0.25, -0.2) is 0 Å². The molecule has 1 fully saturated rings. The molecule has 2 aromatic rings. The molecule has 0 bridgehead atoms. The van der Waals surface area contributed by atoms with Crippen molar-refractivity contribution in [1.29, 1.82) is 0 Å². The van der Waals surface area contributed by atoms with E-state index in [0.717, 1.165) is 0 Å². The molecule has 0 spiro atoms. The Kier molecular flexibility index (Phi) is 5.94. The van der Waals surface area contributed by atoms with Crippen molar-refractivity contribution in [3.8, 4) is 17.2 Å². The number of carbonyl (C=O) groups excluding carboxylic acids is 2. The van der Waals surface area contributed by atoms with E-state index in [4.69, 9.17) is 25.8 Å². The van der Waals surface area contributed by atoms with Crippen LogP contribution in [0.2, 0.25) is 5.02 Å². The Morgan fingerprint density at radius 1 is 1.07 bits per heavy atom. The summed E-state index contributed by atoms with van der Waals surface area (Å²) >= 11 is 6.07. The molecule has 0 radical (unpaired) electrons. The number of anilines is 2. The number of benzene rings is 2. The van der Waals surface area contributed by atoms with E-state index in [1.165, 1.54) is 19.1 Å². The number of rotatable bonds is 6. The summed E-state index contributed by atoms with van der Waals surface area (Å²) in [5.41, 5.74) is 1.03. The molecule has 148 valence electrons. The zero-order valence-corrected chi connectivity index (χ0v) is 16.6. The van der Waals surface area contributed by atoms with Gasteiger partial charge in [-0.2, -0.15) is 0 Å². The van der Waals surface area contributed by atoms with Gasteiger partial charge in [-0.1, -0.05) is 11.6 Å². The lowest BCUT2D eigenvalue weighted by atomic mass is 10.1. The number of carbonyl (C=O) groups is 2. The number of amides is 2. The maximum absolute atomic E-state index is 12.8. The molecular formula is C20H21ClN2O5. The summed E-state index contributed by atoms with van der Waals surface area (Å²) in [6.45, 7) is 0.230. The van der Waals surface area contributed by atoms with Crippen molar-refractivity contribution in [1.82, 2.24) is 0 Å². The summed E-state index contributed by atoms with van der Waals surface area (Å²) in [4.78, 5) is 26.9. The molecule has 7 nitrogen and oxygen atoms in total. The van der Waals surface area contributed by atoms with E-state index in [1.54, 1.807) is 43.5 Å². The smallest absolute Gasteiger partial charge is 0.229 e. The molecule has 1 aliphatic rings. The van der Waals surface area contributed by atoms with Gasteiger partial charge in [0.1, 0.15) is 17.2 Å². The zero-order chi connectivity index (χ0) is 20.3. The molecule has 1 aliphatic heterocycles. The van der Waals surface area contributed by atoms with E-state index in [2.05, 4.69) is 5.32 Å². The Hall–Kier alpha value is -2.93. The van der Waals surface area contributed by atoms with Gasteiger partial charge in [0.25, 0.3) is 0 Å². The van der Waals surface area contributed by atoms with Gasteiger partial charge < -0.3 is 24.4 Å². The number of nitrogens with one attached hydrogen (secondary N) is 1. The van der Waals surface area contributed by atoms with Gasteiger partial charge in [0.2, 0.25) is 11.8 Å². The molecule has 0 aromatic heterocycles. The largest absolute Gasteiger partial charge is 0.497 e. The summed E-state index contributed by atoms with van der Waals surface area (Å²) in [7, 11) is 4.58. The number of hydrogen-bond acceptors (Lipinski definition) is 5. The average Bonchev–Trinajstić information content (AvgIpc) is 3.09. The Bertz CT molecular complexity index is 902. The Morgan fingerprint density at radius 2 is 1.79 bits per heavy atom. The Morgan fingerprint density at radius 3 is 2.46 bits per heavy atom. The fourth-order valence-electron chi connectivity index (χ4n) is 3.14. The van der Waals surface area contributed by atoms with Crippen molar-refractivity contribution >= 4 is 34.8 Å². The van der Waals surface area contributed by atoms with Crippen molar-refractivity contribution in [3.63, 3.8) is 0 Å². The molecule has 0 unspecified atom stereocenters. The van der Waals surface area contributed by atoms with Crippen LogP contribution in [-0.4, -0.2) is 39.7 Å². The molecular weight excluding hydrogens is 384 g/mol. The molecule has 0 saturated carbocycles. The van der Waals surface area contributed by atoms with E-state index < -0.39 is 5.92 Å². The highest BCUT2D eigenvalue weighted by molar-refractivity contribution is 6.31. The molecule has 2 amide bonds. The molecule has 1 heterocycles. The highest BCUT2D eigenvalue weighted by atomic mass is 35.5. The lowest BCUT2D eigenvalue weighted by Crippen LogP contribution is -2.28. The van der Waals surface area contributed by atoms with Gasteiger partial charge in [-0.05, 0) is 30.3 Å². The maximum Gasteiger partial charge on any atom is 0.229 e. The molecule has 0 aliphatic carbocycles. The van der Waals surface area contributed by atoms with Crippen LogP contribution in [0.15, 0.2) is 36.4 Å². The number of methoxy groups -OCH3 is 3. The fraction of sp³-hybridized carbons (Fsp3) is 0.300. The van der Waals surface area contributed by atoms with Gasteiger partial charge in [-0.15, -0.1) is 0 Å². The SMILES string of the molecule is COc1ccc(OC)c(NC(=O)[C@H]2CC(=O)N(c3cc(Cl)ccc3OC)C2)c1. The van der Waals surface area contributed by atoms with E-state index in [0.29, 0.717) is 33.6 Å². The first-order valence-electron chi connectivity index (χ1n) is 8.63. The Balaban J connectivity index is 1.79. The van der Waals surface area contributed by atoms with Gasteiger partial charge in [-0.3, -0.25) is 9.59 Å². The monoisotopic (exact) mass is 404 g/mol. The van der Waals surface area contributed by atoms with Gasteiger partial charge in [0.05, 0.1) is 38.6 Å². The minimum absolute atomic E-state index is 0.0911. The summed E-state index contributed by atoms with van der Waals surface area (Å²) in [5, 5.41) is 3.31. The van der Waals surface area contributed by atoms with Crippen LogP contribution in [0, 0.1) is 5.92 Å². The van der Waals surface area contributed by atoms with Gasteiger partial charge >= 0.3 is 0 Å². The van der Waals surface area contributed by atoms with Gasteiger partial charge in [0.15, 0.2) is 0 Å². The third-order valence-corrected chi connectivity index (χ3v) is 4.83. The van der Waals surface area contributed by atoms with Crippen molar-refractivity contribution in [2.45, 2.75) is 6.42 Å². The van der Waals surface area contributed by atoms with Crippen LogP contribution in [0.3, 0.4) is 0 Å². The summed E-state index contributed by atoms with van der Waals surface area (Å²) in [5.74, 6) is 0.651. The summed E-state index contributed by atoms with van der Waals surface area (Å²) in [6.07, 6.45) is 0.0911. The first-order chi connectivity index (χ1) is 13.5. The van der Waals surface area contributed by atoms with Crippen LogP contribution in [0.4, 0.5) is 11.4 Å². The quantitative estimate of drug-likeness (QED) is 0.798. The molecule has 3 rings (SSSR count). The normalized spacial score (nSPS) is 16.1. The lowest BCUT2D eigenvalue weighted by Gasteiger charge is -2.20. The van der Waals surface area contributed by atoms with E-state index >= 15 is 0 Å². The number of nitrogens with zero attached hydrogens (tertiary/aromatic N) is 1. The van der Waals surface area contributed by atoms with Crippen molar-refractivity contribution in [3.05, 3.63) is 41.4 Å². The van der Waals surface area contributed by atoms with Crippen LogP contribution in [-0.2, 0) is 9.59 Å². The van der Waals surface area contributed by atoms with E-state index in [1.807, 2.05) is 0 Å². The molecule has 1 saturated heterocycles. The zero-order valence-electron chi connectivity index (χ0n) is 15.8. The highest BCUT2D eigenvalue weighted by Gasteiger charge is 2.36. The van der Waals surface area contributed by atoms with Crippen molar-refractivity contribution in [2.75, 3.05) is 38.1 Å². The second kappa shape index (κ2) is 8.39. The molecule has 1 atom stereocenters. The standard InChI is InChI=1S/C20H21ClN2O5/c1-26-14-5-7-17(27-2)15(10-14)22-20(25)12-8-19(24)23(11-12)16-9-13(21)4-6-18(16)28-3/h4-7,9-10,12H,8,11H2,1-3H3,(H,22,25)/t12-/m0/s1. The first kappa shape index (κ1) is 19.8. The number of hydrogen-bond donors (Lipinski definition) is 1. The van der Waals surface area contributed by atoms with Crippen molar-refractivity contribution in [2.24, 2.45) is 5.92 Å². The van der Waals surface area contributed by atoms with E-state index in [-0.39, 0.29) is 24.8 Å². The molecule has 8 heteroatoms. The fourth-order valence-corrected chi connectivity index (χ4v) is 3.30. The summed E-state index contributed by atoms with van der Waals surface area (Å²) in [6, 6.07) is 10.1. The molecule has 1 N–H and O–H groups in total. The predicted octanol–water partition coefficient (Wildman–Crippen LogP) is 3.36. The average molecular weight is 405 g/mol. The Labute approximate surface area is 168 Å². The minimum atomic E-state index is -0.521. The second-order valence-corrected chi connectivity index (χ2v) is 6.71. The lowest BCUT2D eigenvalue weighted by molar-refractivity contribution is -0.122. The van der Waals surface area contributed by atoms with Crippen LogP contribution < -0.4 is 24.4 Å². The molecule has 2 aromatic carbocycles. The van der Waals surface area contributed by atoms with Crippen LogP contribution in [0.1, 0.15) is 6.42 Å². The summed E-state index contributed by atoms with van der Waals surface area (Å²) < 4.78 is 15.8. The third-order valence-electron chi connectivity index (χ3n) is 4.59. The van der Waals surface area contributed by atoms with E-state index in [9.17, 15) is 9.59 Å². The topological polar surface area (TPSA) is 77.1 Å². The molecule has 28 heavy (non-hydrogen) atoms. The third kappa shape index (κ3) is 3.99. The minimum Gasteiger partial charge on any atom is -0.497 e. The van der Waals surface area contributed by atoms with Crippen LogP contribution >= 0.6 is 11.6 Å².